The van der Waals surface area contributed by atoms with Crippen molar-refractivity contribution in [3.05, 3.63) is 101 Å². The van der Waals surface area contributed by atoms with Gasteiger partial charge in [-0.05, 0) is 46.9 Å². The molecule has 0 N–H and O–H groups in total. The summed E-state index contributed by atoms with van der Waals surface area (Å²) in [5, 5.41) is 1.13. The third kappa shape index (κ3) is 3.60. The van der Waals surface area contributed by atoms with E-state index in [0.717, 1.165) is 28.3 Å². The Kier molecular flexibility index (Phi) is 4.82. The number of pyridine rings is 1. The fourth-order valence-electron chi connectivity index (χ4n) is 3.39. The Bertz CT molecular complexity index is 1120. The van der Waals surface area contributed by atoms with Crippen LogP contribution in [0.2, 0.25) is 5.02 Å². The molecule has 0 aliphatic carbocycles. The average molecular weight is 398 g/mol. The first-order chi connectivity index (χ1) is 13.4. The van der Waals surface area contributed by atoms with Crippen molar-refractivity contribution in [2.24, 2.45) is 0 Å². The molecule has 0 unspecified atom stereocenters. The first kappa shape index (κ1) is 18.5. The Labute approximate surface area is 165 Å². The van der Waals surface area contributed by atoms with Gasteiger partial charge in [-0.3, -0.25) is 4.98 Å². The molecule has 0 atom stereocenters. The molecule has 5 heteroatoms. The van der Waals surface area contributed by atoms with E-state index in [1.807, 2.05) is 42.5 Å². The van der Waals surface area contributed by atoms with Crippen LogP contribution in [0.3, 0.4) is 0 Å². The maximum Gasteiger partial charge on any atom is 0.418 e. The summed E-state index contributed by atoms with van der Waals surface area (Å²) in [6, 6.07) is 21.1. The molecule has 140 valence electrons. The van der Waals surface area contributed by atoms with Crippen LogP contribution in [0.5, 0.6) is 0 Å². The van der Waals surface area contributed by atoms with Crippen molar-refractivity contribution < 1.29 is 13.2 Å². The van der Waals surface area contributed by atoms with Gasteiger partial charge in [0, 0.05) is 16.6 Å². The van der Waals surface area contributed by atoms with E-state index in [9.17, 15) is 13.2 Å². The highest BCUT2D eigenvalue weighted by Crippen LogP contribution is 2.38. The van der Waals surface area contributed by atoms with E-state index < -0.39 is 11.7 Å². The van der Waals surface area contributed by atoms with E-state index in [4.69, 9.17) is 11.6 Å². The standard InChI is InChI=1S/C23H15ClF3N/c24-18-11-9-15(10-12-18)13-17-14-28-22-19(7-4-8-20(22)23(25,26)27)21(17)16-5-2-1-3-6-16/h1-12,14H,13H2. The summed E-state index contributed by atoms with van der Waals surface area (Å²) in [4.78, 5) is 4.20. The first-order valence-corrected chi connectivity index (χ1v) is 9.09. The van der Waals surface area contributed by atoms with Crippen molar-refractivity contribution in [2.75, 3.05) is 0 Å². The van der Waals surface area contributed by atoms with E-state index >= 15 is 0 Å². The predicted octanol–water partition coefficient (Wildman–Crippen LogP) is 7.16. The molecule has 4 aromatic rings. The van der Waals surface area contributed by atoms with E-state index in [0.29, 0.717) is 16.8 Å². The van der Waals surface area contributed by atoms with E-state index in [1.54, 1.807) is 24.4 Å². The molecule has 1 heterocycles. The highest BCUT2D eigenvalue weighted by atomic mass is 35.5. The lowest BCUT2D eigenvalue weighted by molar-refractivity contribution is -0.136. The minimum Gasteiger partial charge on any atom is -0.255 e. The largest absolute Gasteiger partial charge is 0.418 e. The van der Waals surface area contributed by atoms with Crippen LogP contribution in [0.4, 0.5) is 13.2 Å². The summed E-state index contributed by atoms with van der Waals surface area (Å²) in [5.41, 5.74) is 2.74. The maximum atomic E-state index is 13.5. The predicted molar refractivity (Wildman–Crippen MR) is 106 cm³/mol. The summed E-state index contributed by atoms with van der Waals surface area (Å²) < 4.78 is 40.5. The minimum absolute atomic E-state index is 0.0336. The Hall–Kier alpha value is -2.85. The summed E-state index contributed by atoms with van der Waals surface area (Å²) >= 11 is 5.96. The molecule has 1 nitrogen and oxygen atoms in total. The molecule has 3 aromatic carbocycles. The summed E-state index contributed by atoms with van der Waals surface area (Å²) in [6.45, 7) is 0. The first-order valence-electron chi connectivity index (χ1n) is 8.71. The number of aromatic nitrogens is 1. The molecule has 0 amide bonds. The second-order valence-electron chi connectivity index (χ2n) is 6.53. The van der Waals surface area contributed by atoms with Gasteiger partial charge in [0.15, 0.2) is 0 Å². The minimum atomic E-state index is -4.46. The monoisotopic (exact) mass is 397 g/mol. The van der Waals surface area contributed by atoms with Gasteiger partial charge in [-0.2, -0.15) is 13.2 Å². The van der Waals surface area contributed by atoms with E-state index in [1.165, 1.54) is 6.07 Å². The average Bonchev–Trinajstić information content (AvgIpc) is 2.69. The van der Waals surface area contributed by atoms with Crippen LogP contribution in [-0.2, 0) is 12.6 Å². The number of fused-ring (bicyclic) bond motifs is 1. The van der Waals surface area contributed by atoms with Crippen LogP contribution in [0.15, 0.2) is 79.0 Å². The normalized spacial score (nSPS) is 11.7. The van der Waals surface area contributed by atoms with Crippen molar-refractivity contribution in [3.63, 3.8) is 0 Å². The number of para-hydroxylation sites is 1. The number of alkyl halides is 3. The lowest BCUT2D eigenvalue weighted by Gasteiger charge is -2.16. The third-order valence-corrected chi connectivity index (χ3v) is 4.90. The molecule has 28 heavy (non-hydrogen) atoms. The van der Waals surface area contributed by atoms with Crippen molar-refractivity contribution >= 4 is 22.5 Å². The Morgan fingerprint density at radius 3 is 2.21 bits per heavy atom. The van der Waals surface area contributed by atoms with Gasteiger partial charge >= 0.3 is 6.18 Å². The number of halogens is 4. The molecule has 0 saturated heterocycles. The molecule has 0 radical (unpaired) electrons. The number of hydrogen-bond acceptors (Lipinski definition) is 1. The van der Waals surface area contributed by atoms with Crippen molar-refractivity contribution in [1.82, 2.24) is 4.98 Å². The fourth-order valence-corrected chi connectivity index (χ4v) is 3.52. The van der Waals surface area contributed by atoms with Gasteiger partial charge in [-0.1, -0.05) is 66.2 Å². The number of hydrogen-bond donors (Lipinski definition) is 0. The highest BCUT2D eigenvalue weighted by Gasteiger charge is 2.33. The highest BCUT2D eigenvalue weighted by molar-refractivity contribution is 6.30. The molecular weight excluding hydrogens is 383 g/mol. The van der Waals surface area contributed by atoms with Crippen LogP contribution >= 0.6 is 11.6 Å². The van der Waals surface area contributed by atoms with Gasteiger partial charge in [0.2, 0.25) is 0 Å². The van der Waals surface area contributed by atoms with E-state index in [-0.39, 0.29) is 5.52 Å². The lowest BCUT2D eigenvalue weighted by Crippen LogP contribution is -2.07. The van der Waals surface area contributed by atoms with Gasteiger partial charge in [0.05, 0.1) is 11.1 Å². The van der Waals surface area contributed by atoms with Gasteiger partial charge in [0.1, 0.15) is 0 Å². The molecule has 0 saturated carbocycles. The Morgan fingerprint density at radius 1 is 0.821 bits per heavy atom. The van der Waals surface area contributed by atoms with Crippen molar-refractivity contribution in [2.45, 2.75) is 12.6 Å². The zero-order valence-corrected chi connectivity index (χ0v) is 15.4. The quantitative estimate of drug-likeness (QED) is 0.357. The van der Waals surface area contributed by atoms with E-state index in [2.05, 4.69) is 4.98 Å². The van der Waals surface area contributed by atoms with Crippen molar-refractivity contribution in [3.8, 4) is 11.1 Å². The maximum absolute atomic E-state index is 13.5. The number of rotatable bonds is 3. The zero-order valence-electron chi connectivity index (χ0n) is 14.7. The molecular formula is C23H15ClF3N. The molecule has 0 spiro atoms. The Balaban J connectivity index is 1.96. The second kappa shape index (κ2) is 7.28. The van der Waals surface area contributed by atoms with Gasteiger partial charge in [-0.15, -0.1) is 0 Å². The topological polar surface area (TPSA) is 12.9 Å². The smallest absolute Gasteiger partial charge is 0.255 e. The fraction of sp³-hybridized carbons (Fsp3) is 0.0870. The van der Waals surface area contributed by atoms with Crippen molar-refractivity contribution in [1.29, 1.82) is 0 Å². The molecule has 1 aromatic heterocycles. The summed E-state index contributed by atoms with van der Waals surface area (Å²) in [5.74, 6) is 0. The number of benzene rings is 3. The van der Waals surface area contributed by atoms with Crippen LogP contribution in [-0.4, -0.2) is 4.98 Å². The van der Waals surface area contributed by atoms with Gasteiger partial charge < -0.3 is 0 Å². The van der Waals surface area contributed by atoms with Gasteiger partial charge in [-0.25, -0.2) is 0 Å². The lowest BCUT2D eigenvalue weighted by atomic mass is 9.92. The van der Waals surface area contributed by atoms with Crippen LogP contribution in [0.1, 0.15) is 16.7 Å². The molecule has 0 bridgehead atoms. The summed E-state index contributed by atoms with van der Waals surface area (Å²) in [6.07, 6.45) is -2.37. The third-order valence-electron chi connectivity index (χ3n) is 4.65. The number of nitrogens with zero attached hydrogens (tertiary/aromatic N) is 1. The molecule has 0 aliphatic heterocycles. The summed E-state index contributed by atoms with van der Waals surface area (Å²) in [7, 11) is 0. The molecule has 0 aliphatic rings. The zero-order chi connectivity index (χ0) is 19.7. The van der Waals surface area contributed by atoms with Crippen LogP contribution < -0.4 is 0 Å². The molecule has 0 fully saturated rings. The van der Waals surface area contributed by atoms with Gasteiger partial charge in [0.25, 0.3) is 0 Å². The van der Waals surface area contributed by atoms with Crippen LogP contribution in [0, 0.1) is 0 Å². The molecule has 4 rings (SSSR count). The Morgan fingerprint density at radius 2 is 1.54 bits per heavy atom. The SMILES string of the molecule is FC(F)(F)c1cccc2c(-c3ccccc3)c(Cc3ccc(Cl)cc3)cnc12. The van der Waals surface area contributed by atoms with Crippen LogP contribution in [0.25, 0.3) is 22.0 Å². The second-order valence-corrected chi connectivity index (χ2v) is 6.96.